The van der Waals surface area contributed by atoms with E-state index in [1.807, 2.05) is 0 Å². The molecule has 2 bridgehead atoms. The van der Waals surface area contributed by atoms with E-state index in [9.17, 15) is 10.2 Å². The van der Waals surface area contributed by atoms with Crippen molar-refractivity contribution in [3.63, 3.8) is 0 Å². The highest BCUT2D eigenvalue weighted by Gasteiger charge is 2.68. The molecule has 0 radical (unpaired) electrons. The van der Waals surface area contributed by atoms with E-state index in [-0.39, 0.29) is 5.41 Å². The number of rotatable bonds is 1. The third-order valence-electron chi connectivity index (χ3n) is 9.27. The standard InChI is InChI=1S/C20H34O2/c1-17(13-21)7-4-8-18(2)16(17)6-5-14-11-15-12-20(14,18)10-9-19(15,3)22/h14-16,21-22H,4-13H2,1-3H3/t14-,15+,16?,17+,18-,19-,20+/m0/s1. The summed E-state index contributed by atoms with van der Waals surface area (Å²) in [6.45, 7) is 7.35. The Labute approximate surface area is 135 Å². The van der Waals surface area contributed by atoms with E-state index < -0.39 is 5.60 Å². The van der Waals surface area contributed by atoms with Gasteiger partial charge in [0.2, 0.25) is 0 Å². The van der Waals surface area contributed by atoms with Gasteiger partial charge in [-0.2, -0.15) is 0 Å². The monoisotopic (exact) mass is 306 g/mol. The molecule has 0 amide bonds. The molecule has 4 rings (SSSR count). The van der Waals surface area contributed by atoms with Gasteiger partial charge in [0.1, 0.15) is 0 Å². The zero-order valence-corrected chi connectivity index (χ0v) is 14.7. The largest absolute Gasteiger partial charge is 0.396 e. The molecule has 4 saturated carbocycles. The van der Waals surface area contributed by atoms with Crippen LogP contribution < -0.4 is 0 Å². The maximum atomic E-state index is 10.8. The fourth-order valence-corrected chi connectivity index (χ4v) is 7.90. The molecule has 0 aromatic heterocycles. The van der Waals surface area contributed by atoms with E-state index in [4.69, 9.17) is 0 Å². The first-order chi connectivity index (χ1) is 10.3. The van der Waals surface area contributed by atoms with Crippen LogP contribution in [0.3, 0.4) is 0 Å². The molecular formula is C20H34O2. The Bertz CT molecular complexity index is 472. The summed E-state index contributed by atoms with van der Waals surface area (Å²) < 4.78 is 0. The first-order valence-corrected chi connectivity index (χ1v) is 9.61. The SMILES string of the molecule is C[C@]1(CO)CCC[C@@]2(C)C1CC[C@H]1C[C@@H]3C[C@]12CC[C@]3(C)O. The molecule has 7 atom stereocenters. The third kappa shape index (κ3) is 1.69. The summed E-state index contributed by atoms with van der Waals surface area (Å²) in [5.41, 5.74) is 0.546. The molecule has 4 fully saturated rings. The summed E-state index contributed by atoms with van der Waals surface area (Å²) in [4.78, 5) is 0. The van der Waals surface area contributed by atoms with Gasteiger partial charge in [0.05, 0.1) is 5.60 Å². The summed E-state index contributed by atoms with van der Waals surface area (Å²) in [6, 6.07) is 0. The molecule has 4 aliphatic rings. The van der Waals surface area contributed by atoms with Gasteiger partial charge in [-0.25, -0.2) is 0 Å². The number of fused-ring (bicyclic) bond motifs is 2. The Balaban J connectivity index is 1.76. The van der Waals surface area contributed by atoms with Crippen molar-refractivity contribution < 1.29 is 10.2 Å². The van der Waals surface area contributed by atoms with Crippen molar-refractivity contribution in [1.29, 1.82) is 0 Å². The molecule has 2 nitrogen and oxygen atoms in total. The van der Waals surface area contributed by atoms with Crippen LogP contribution in [0.2, 0.25) is 0 Å². The number of aliphatic hydroxyl groups excluding tert-OH is 1. The van der Waals surface area contributed by atoms with Gasteiger partial charge in [0.25, 0.3) is 0 Å². The fourth-order valence-electron chi connectivity index (χ4n) is 7.90. The van der Waals surface area contributed by atoms with Crippen LogP contribution in [0.5, 0.6) is 0 Å². The Kier molecular flexibility index (Phi) is 3.16. The highest BCUT2D eigenvalue weighted by Crippen LogP contribution is 2.75. The Morgan fingerprint density at radius 2 is 1.73 bits per heavy atom. The Morgan fingerprint density at radius 3 is 2.45 bits per heavy atom. The van der Waals surface area contributed by atoms with Crippen LogP contribution in [-0.4, -0.2) is 22.4 Å². The molecule has 1 unspecified atom stereocenters. The molecule has 1 spiro atoms. The van der Waals surface area contributed by atoms with Crippen LogP contribution in [-0.2, 0) is 0 Å². The molecule has 126 valence electrons. The molecule has 0 heterocycles. The maximum Gasteiger partial charge on any atom is 0.0648 e. The molecule has 0 aromatic carbocycles. The van der Waals surface area contributed by atoms with Crippen LogP contribution in [0.1, 0.15) is 78.6 Å². The van der Waals surface area contributed by atoms with Crippen molar-refractivity contribution in [3.05, 3.63) is 0 Å². The Hall–Kier alpha value is -0.0800. The summed E-state index contributed by atoms with van der Waals surface area (Å²) in [5.74, 6) is 2.02. The predicted molar refractivity (Wildman–Crippen MR) is 88.4 cm³/mol. The van der Waals surface area contributed by atoms with Crippen molar-refractivity contribution in [2.24, 2.45) is 34.0 Å². The zero-order chi connectivity index (χ0) is 15.8. The van der Waals surface area contributed by atoms with Crippen molar-refractivity contribution in [2.75, 3.05) is 6.61 Å². The van der Waals surface area contributed by atoms with E-state index in [0.717, 1.165) is 12.3 Å². The minimum absolute atomic E-state index is 0.130. The minimum atomic E-state index is -0.427. The average Bonchev–Trinajstić information content (AvgIpc) is 2.82. The van der Waals surface area contributed by atoms with E-state index in [1.165, 1.54) is 51.4 Å². The lowest BCUT2D eigenvalue weighted by molar-refractivity contribution is -0.182. The van der Waals surface area contributed by atoms with Crippen molar-refractivity contribution >= 4 is 0 Å². The lowest BCUT2D eigenvalue weighted by atomic mass is 9.39. The number of hydrogen-bond donors (Lipinski definition) is 2. The Morgan fingerprint density at radius 1 is 0.955 bits per heavy atom. The average molecular weight is 306 g/mol. The second kappa shape index (κ2) is 4.51. The molecule has 4 aliphatic carbocycles. The second-order valence-electron chi connectivity index (χ2n) is 10.1. The maximum absolute atomic E-state index is 10.8. The van der Waals surface area contributed by atoms with Gasteiger partial charge in [0.15, 0.2) is 0 Å². The van der Waals surface area contributed by atoms with Gasteiger partial charge in [-0.1, -0.05) is 20.3 Å². The summed E-state index contributed by atoms with van der Waals surface area (Å²) in [5, 5.41) is 20.9. The molecule has 0 aliphatic heterocycles. The van der Waals surface area contributed by atoms with E-state index in [1.54, 1.807) is 0 Å². The number of aliphatic hydroxyl groups is 2. The topological polar surface area (TPSA) is 40.5 Å². The van der Waals surface area contributed by atoms with E-state index in [2.05, 4.69) is 20.8 Å². The summed E-state index contributed by atoms with van der Waals surface area (Å²) in [7, 11) is 0. The van der Waals surface area contributed by atoms with Gasteiger partial charge >= 0.3 is 0 Å². The van der Waals surface area contributed by atoms with Crippen molar-refractivity contribution in [2.45, 2.75) is 84.2 Å². The molecule has 0 saturated heterocycles. The normalized spacial score (nSPS) is 60.7. The first kappa shape index (κ1) is 15.4. The van der Waals surface area contributed by atoms with Crippen LogP contribution in [0.4, 0.5) is 0 Å². The van der Waals surface area contributed by atoms with Crippen molar-refractivity contribution in [3.8, 4) is 0 Å². The lowest BCUT2D eigenvalue weighted by Gasteiger charge is -2.65. The molecule has 2 N–H and O–H groups in total. The molecular weight excluding hydrogens is 272 g/mol. The first-order valence-electron chi connectivity index (χ1n) is 9.61. The van der Waals surface area contributed by atoms with Gasteiger partial charge in [-0.15, -0.1) is 0 Å². The predicted octanol–water partition coefficient (Wildman–Crippen LogP) is 4.14. The zero-order valence-electron chi connectivity index (χ0n) is 14.7. The quantitative estimate of drug-likeness (QED) is 0.764. The molecule has 2 heteroatoms. The highest BCUT2D eigenvalue weighted by atomic mass is 16.3. The smallest absolute Gasteiger partial charge is 0.0648 e. The lowest BCUT2D eigenvalue weighted by Crippen LogP contribution is -2.59. The summed E-state index contributed by atoms with van der Waals surface area (Å²) in [6.07, 6.45) is 11.2. The van der Waals surface area contributed by atoms with Crippen molar-refractivity contribution in [1.82, 2.24) is 0 Å². The van der Waals surface area contributed by atoms with E-state index in [0.29, 0.717) is 29.3 Å². The van der Waals surface area contributed by atoms with Crippen LogP contribution >= 0.6 is 0 Å². The summed E-state index contributed by atoms with van der Waals surface area (Å²) >= 11 is 0. The minimum Gasteiger partial charge on any atom is -0.396 e. The van der Waals surface area contributed by atoms with Gasteiger partial charge in [-0.05, 0) is 92.3 Å². The fraction of sp³-hybridized carbons (Fsp3) is 1.00. The third-order valence-corrected chi connectivity index (χ3v) is 9.27. The second-order valence-corrected chi connectivity index (χ2v) is 10.1. The van der Waals surface area contributed by atoms with Gasteiger partial charge in [-0.3, -0.25) is 0 Å². The molecule has 22 heavy (non-hydrogen) atoms. The van der Waals surface area contributed by atoms with Gasteiger partial charge in [0, 0.05) is 6.61 Å². The van der Waals surface area contributed by atoms with Crippen LogP contribution in [0.25, 0.3) is 0 Å². The van der Waals surface area contributed by atoms with Crippen LogP contribution in [0.15, 0.2) is 0 Å². The molecule has 0 aromatic rings. The number of hydrogen-bond acceptors (Lipinski definition) is 2. The van der Waals surface area contributed by atoms with Crippen LogP contribution in [0, 0.1) is 34.0 Å². The van der Waals surface area contributed by atoms with E-state index >= 15 is 0 Å². The van der Waals surface area contributed by atoms with Gasteiger partial charge < -0.3 is 10.2 Å². The highest BCUT2D eigenvalue weighted by molar-refractivity contribution is 5.17.